The third-order valence-electron chi connectivity index (χ3n) is 6.11. The number of hydrogen-bond acceptors (Lipinski definition) is 10. The first-order valence-corrected chi connectivity index (χ1v) is 12.2. The molecule has 2 aromatic rings. The molecule has 3 heterocycles. The van der Waals surface area contributed by atoms with Gasteiger partial charge in [0.05, 0.1) is 19.6 Å². The molecule has 0 unspecified atom stereocenters. The summed E-state index contributed by atoms with van der Waals surface area (Å²) in [4.78, 5) is 60.3. The van der Waals surface area contributed by atoms with Crippen molar-refractivity contribution < 1.29 is 29.0 Å². The van der Waals surface area contributed by atoms with Crippen LogP contribution in [-0.4, -0.2) is 94.0 Å². The molecule has 2 aromatic heterocycles. The highest BCUT2D eigenvalue weighted by Gasteiger charge is 2.26. The van der Waals surface area contributed by atoms with E-state index in [0.29, 0.717) is 62.3 Å². The van der Waals surface area contributed by atoms with Gasteiger partial charge in [-0.25, -0.2) is 14.6 Å². The quantitative estimate of drug-likeness (QED) is 0.337. The van der Waals surface area contributed by atoms with E-state index in [1.54, 1.807) is 4.57 Å². The number of aryl methyl sites for hydroxylation is 1. The number of anilines is 1. The van der Waals surface area contributed by atoms with E-state index in [2.05, 4.69) is 20.0 Å². The van der Waals surface area contributed by atoms with E-state index in [-0.39, 0.29) is 23.3 Å². The normalized spacial score (nSPS) is 14.2. The van der Waals surface area contributed by atoms with Gasteiger partial charge in [0.25, 0.3) is 0 Å². The molecular weight excluding hydrogens is 504 g/mol. The van der Waals surface area contributed by atoms with Gasteiger partial charge in [-0.1, -0.05) is 0 Å². The van der Waals surface area contributed by atoms with Crippen LogP contribution < -0.4 is 15.6 Å². The Bertz CT molecular complexity index is 1240. The first kappa shape index (κ1) is 27.8. The van der Waals surface area contributed by atoms with E-state index < -0.39 is 23.4 Å². The van der Waals surface area contributed by atoms with Crippen molar-refractivity contribution in [2.24, 2.45) is 0 Å². The van der Waals surface area contributed by atoms with Crippen LogP contribution in [-0.2, 0) is 25.6 Å². The van der Waals surface area contributed by atoms with Gasteiger partial charge in [0.1, 0.15) is 17.3 Å². The minimum absolute atomic E-state index is 0.149. The van der Waals surface area contributed by atoms with Crippen molar-refractivity contribution in [2.45, 2.75) is 38.8 Å². The number of aromatic carboxylic acids is 1. The number of carbonyl (C=O) groups excluding carboxylic acids is 2. The standard InChI is InChI=1S/C23H30N6O7S/c1-4-27-13-15(20(32)33)18(31)14-12-24-22(26-19(14)27)28-8-10-29(11-9-28)23(37)25-16(21(34)36-3)6-5-7-17(30)35-2/h12-13,16H,4-11H2,1-3H3,(H,25,37)(H,32,33)/t16-/m1/s1. The van der Waals surface area contributed by atoms with Crippen LogP contribution in [0.15, 0.2) is 17.2 Å². The molecule has 0 spiro atoms. The van der Waals surface area contributed by atoms with Gasteiger partial charge in [0.2, 0.25) is 11.4 Å². The lowest BCUT2D eigenvalue weighted by Gasteiger charge is -2.37. The van der Waals surface area contributed by atoms with Crippen molar-refractivity contribution in [1.82, 2.24) is 24.8 Å². The van der Waals surface area contributed by atoms with Gasteiger partial charge in [-0.3, -0.25) is 9.59 Å². The zero-order valence-corrected chi connectivity index (χ0v) is 21.7. The Morgan fingerprint density at radius 1 is 1.19 bits per heavy atom. The summed E-state index contributed by atoms with van der Waals surface area (Å²) < 4.78 is 11.1. The molecule has 0 bridgehead atoms. The lowest BCUT2D eigenvalue weighted by molar-refractivity contribution is -0.144. The summed E-state index contributed by atoms with van der Waals surface area (Å²) in [6.07, 6.45) is 3.65. The number of nitrogens with one attached hydrogen (secondary N) is 1. The molecule has 200 valence electrons. The van der Waals surface area contributed by atoms with E-state index >= 15 is 0 Å². The van der Waals surface area contributed by atoms with Crippen LogP contribution in [0.2, 0.25) is 0 Å². The first-order chi connectivity index (χ1) is 17.7. The van der Waals surface area contributed by atoms with Crippen LogP contribution in [0.25, 0.3) is 11.0 Å². The summed E-state index contributed by atoms with van der Waals surface area (Å²) in [5, 5.41) is 12.9. The molecule has 2 N–H and O–H groups in total. The highest BCUT2D eigenvalue weighted by molar-refractivity contribution is 7.80. The van der Waals surface area contributed by atoms with Crippen LogP contribution in [0.3, 0.4) is 0 Å². The summed E-state index contributed by atoms with van der Waals surface area (Å²) >= 11 is 5.52. The molecule has 14 heteroatoms. The minimum Gasteiger partial charge on any atom is -0.477 e. The van der Waals surface area contributed by atoms with Crippen molar-refractivity contribution in [3.63, 3.8) is 0 Å². The Morgan fingerprint density at radius 2 is 1.89 bits per heavy atom. The van der Waals surface area contributed by atoms with Gasteiger partial charge in [-0.2, -0.15) is 4.98 Å². The van der Waals surface area contributed by atoms with Crippen LogP contribution in [0.4, 0.5) is 5.95 Å². The number of carbonyl (C=O) groups is 3. The summed E-state index contributed by atoms with van der Waals surface area (Å²) in [5.74, 6) is -1.69. The Kier molecular flexibility index (Phi) is 9.33. The van der Waals surface area contributed by atoms with E-state index in [9.17, 15) is 24.3 Å². The van der Waals surface area contributed by atoms with Crippen molar-refractivity contribution in [1.29, 1.82) is 0 Å². The largest absolute Gasteiger partial charge is 0.477 e. The molecule has 37 heavy (non-hydrogen) atoms. The average Bonchev–Trinajstić information content (AvgIpc) is 2.91. The maximum absolute atomic E-state index is 12.5. The zero-order chi connectivity index (χ0) is 27.1. The van der Waals surface area contributed by atoms with Gasteiger partial charge >= 0.3 is 17.9 Å². The number of ether oxygens (including phenoxy) is 2. The number of esters is 2. The molecule has 0 radical (unpaired) electrons. The van der Waals surface area contributed by atoms with Gasteiger partial charge < -0.3 is 34.3 Å². The molecule has 13 nitrogen and oxygen atoms in total. The average molecular weight is 535 g/mol. The lowest BCUT2D eigenvalue weighted by Crippen LogP contribution is -2.55. The molecule has 0 aliphatic carbocycles. The maximum Gasteiger partial charge on any atom is 0.341 e. The van der Waals surface area contributed by atoms with Gasteiger partial charge in [-0.15, -0.1) is 0 Å². The van der Waals surface area contributed by atoms with E-state index in [1.807, 2.05) is 16.7 Å². The molecule has 1 fully saturated rings. The molecule has 0 saturated carbocycles. The van der Waals surface area contributed by atoms with Crippen molar-refractivity contribution in [3.8, 4) is 0 Å². The molecule has 0 aromatic carbocycles. The number of aromatic nitrogens is 3. The topological polar surface area (TPSA) is 156 Å². The highest BCUT2D eigenvalue weighted by Crippen LogP contribution is 2.16. The van der Waals surface area contributed by atoms with Crippen molar-refractivity contribution >= 4 is 52.2 Å². The number of piperazine rings is 1. The first-order valence-electron chi connectivity index (χ1n) is 11.8. The molecular formula is C23H30N6O7S. The fourth-order valence-electron chi connectivity index (χ4n) is 4.00. The number of carboxylic acids is 1. The van der Waals surface area contributed by atoms with E-state index in [1.165, 1.54) is 26.6 Å². The molecule has 1 atom stereocenters. The lowest BCUT2D eigenvalue weighted by atomic mass is 10.1. The second-order valence-corrected chi connectivity index (χ2v) is 8.72. The minimum atomic E-state index is -1.29. The second-order valence-electron chi connectivity index (χ2n) is 8.34. The fraction of sp³-hybridized carbons (Fsp3) is 0.522. The molecule has 1 aliphatic heterocycles. The molecule has 1 aliphatic rings. The number of thiocarbonyl (C=S) groups is 1. The van der Waals surface area contributed by atoms with Gasteiger partial charge in [0.15, 0.2) is 5.11 Å². The monoisotopic (exact) mass is 534 g/mol. The van der Waals surface area contributed by atoms with Crippen molar-refractivity contribution in [2.75, 3.05) is 45.3 Å². The summed E-state index contributed by atoms with van der Waals surface area (Å²) in [7, 11) is 2.61. The van der Waals surface area contributed by atoms with Crippen LogP contribution in [0.5, 0.6) is 0 Å². The Morgan fingerprint density at radius 3 is 2.49 bits per heavy atom. The summed E-state index contributed by atoms with van der Waals surface area (Å²) in [6, 6.07) is -0.689. The fourth-order valence-corrected chi connectivity index (χ4v) is 4.33. The van der Waals surface area contributed by atoms with Gasteiger partial charge in [0, 0.05) is 51.5 Å². The van der Waals surface area contributed by atoms with Crippen LogP contribution in [0, 0.1) is 0 Å². The number of nitrogens with zero attached hydrogens (tertiary/aromatic N) is 5. The van der Waals surface area contributed by atoms with Crippen LogP contribution >= 0.6 is 12.2 Å². The number of methoxy groups -OCH3 is 2. The Balaban J connectivity index is 1.67. The predicted octanol–water partition coefficient (Wildman–Crippen LogP) is 0.391. The second kappa shape index (κ2) is 12.4. The van der Waals surface area contributed by atoms with Crippen LogP contribution in [0.1, 0.15) is 36.5 Å². The third-order valence-corrected chi connectivity index (χ3v) is 6.48. The van der Waals surface area contributed by atoms with Gasteiger partial charge in [-0.05, 0) is 32.0 Å². The zero-order valence-electron chi connectivity index (χ0n) is 20.9. The molecule has 3 rings (SSSR count). The number of pyridine rings is 1. The van der Waals surface area contributed by atoms with E-state index in [0.717, 1.165) is 0 Å². The van der Waals surface area contributed by atoms with E-state index in [4.69, 9.17) is 17.0 Å². The SMILES string of the molecule is CCn1cc(C(=O)O)c(=O)c2cnc(N3CCN(C(=S)N[C@H](CCCC(=O)OC)C(=O)OC)CC3)nc21. The van der Waals surface area contributed by atoms with Crippen molar-refractivity contribution in [3.05, 3.63) is 28.2 Å². The third kappa shape index (κ3) is 6.50. The Hall–Kier alpha value is -3.81. The smallest absolute Gasteiger partial charge is 0.341 e. The molecule has 0 amide bonds. The predicted molar refractivity (Wildman–Crippen MR) is 138 cm³/mol. The summed E-state index contributed by atoms with van der Waals surface area (Å²) in [6.45, 7) is 4.39. The Labute approximate surface area is 218 Å². The number of hydrogen-bond donors (Lipinski definition) is 2. The number of rotatable bonds is 9. The number of carboxylic acid groups (broad SMARTS) is 1. The maximum atomic E-state index is 12.5. The highest BCUT2D eigenvalue weighted by atomic mass is 32.1. The number of fused-ring (bicyclic) bond motifs is 1. The summed E-state index contributed by atoms with van der Waals surface area (Å²) in [5.41, 5.74) is -0.572. The molecule has 1 saturated heterocycles.